The maximum absolute atomic E-state index is 12.5. The van der Waals surface area contributed by atoms with Gasteiger partial charge in [-0.3, -0.25) is 9.59 Å². The Bertz CT molecular complexity index is 1320. The van der Waals surface area contributed by atoms with Crippen LogP contribution in [0.5, 0.6) is 0 Å². The molecule has 2 atom stereocenters. The molecule has 0 bridgehead atoms. The third kappa shape index (κ3) is 69.4. The molecule has 3 N–H and O–H groups in total. The second-order valence-corrected chi connectivity index (χ2v) is 26.7. The fourth-order valence-corrected chi connectivity index (χ4v) is 12.3. The lowest BCUT2D eigenvalue weighted by molar-refractivity contribution is -0.143. The zero-order chi connectivity index (χ0) is 60.6. The van der Waals surface area contributed by atoms with Crippen molar-refractivity contribution in [3.63, 3.8) is 0 Å². The van der Waals surface area contributed by atoms with Gasteiger partial charge in [0.25, 0.3) is 0 Å². The molecular weight excluding hydrogens is 1030 g/mol. The molecule has 6 heteroatoms. The molecule has 1 amide bonds. The molecule has 0 spiro atoms. The van der Waals surface area contributed by atoms with Crippen LogP contribution >= 0.6 is 0 Å². The number of hydrogen-bond acceptors (Lipinski definition) is 5. The van der Waals surface area contributed by atoms with E-state index in [1.54, 1.807) is 6.08 Å². The van der Waals surface area contributed by atoms with E-state index in [0.29, 0.717) is 19.4 Å². The van der Waals surface area contributed by atoms with E-state index in [4.69, 9.17) is 4.74 Å². The Balaban J connectivity index is 3.35. The Morgan fingerprint density at radius 1 is 0.321 bits per heavy atom. The summed E-state index contributed by atoms with van der Waals surface area (Å²) in [6.07, 6.45) is 94.3. The third-order valence-electron chi connectivity index (χ3n) is 18.2. The molecule has 2 unspecified atom stereocenters. The van der Waals surface area contributed by atoms with Crippen LogP contribution in [0.3, 0.4) is 0 Å². The van der Waals surface area contributed by atoms with Crippen molar-refractivity contribution in [3.05, 3.63) is 24.3 Å². The van der Waals surface area contributed by atoms with E-state index in [1.165, 1.54) is 372 Å². The molecule has 84 heavy (non-hydrogen) atoms. The van der Waals surface area contributed by atoms with Gasteiger partial charge >= 0.3 is 5.97 Å². The highest BCUT2D eigenvalue weighted by Gasteiger charge is 2.18. The van der Waals surface area contributed by atoms with Crippen molar-refractivity contribution >= 4 is 11.9 Å². The van der Waals surface area contributed by atoms with E-state index in [-0.39, 0.29) is 18.5 Å². The largest absolute Gasteiger partial charge is 0.466 e. The van der Waals surface area contributed by atoms with Crippen molar-refractivity contribution in [2.75, 3.05) is 13.2 Å². The number of hydrogen-bond donors (Lipinski definition) is 3. The Kier molecular flexibility index (Phi) is 72.3. The lowest BCUT2D eigenvalue weighted by Gasteiger charge is -2.20. The minimum Gasteiger partial charge on any atom is -0.466 e. The van der Waals surface area contributed by atoms with Crippen molar-refractivity contribution < 1.29 is 24.5 Å². The molecular formula is C78H151NO5. The maximum Gasteiger partial charge on any atom is 0.305 e. The smallest absolute Gasteiger partial charge is 0.305 e. The molecule has 0 aromatic heterocycles. The maximum atomic E-state index is 12.5. The topological polar surface area (TPSA) is 95.9 Å². The molecule has 0 aliphatic rings. The number of carbonyl (C=O) groups excluding carboxylic acids is 2. The number of allylic oxidation sites excluding steroid dienone is 3. The van der Waals surface area contributed by atoms with Crippen LogP contribution in [0.25, 0.3) is 0 Å². The highest BCUT2D eigenvalue weighted by atomic mass is 16.5. The van der Waals surface area contributed by atoms with Gasteiger partial charge in [0.1, 0.15) is 0 Å². The lowest BCUT2D eigenvalue weighted by Crippen LogP contribution is -2.45. The van der Waals surface area contributed by atoms with Gasteiger partial charge in [-0.2, -0.15) is 0 Å². The Labute approximate surface area is 526 Å². The van der Waals surface area contributed by atoms with Crippen molar-refractivity contribution in [2.24, 2.45) is 0 Å². The molecule has 498 valence electrons. The molecule has 0 rings (SSSR count). The van der Waals surface area contributed by atoms with Crippen LogP contribution in [-0.4, -0.2) is 47.4 Å². The fourth-order valence-electron chi connectivity index (χ4n) is 12.3. The van der Waals surface area contributed by atoms with Gasteiger partial charge in [0.2, 0.25) is 5.91 Å². The zero-order valence-corrected chi connectivity index (χ0v) is 57.2. The lowest BCUT2D eigenvalue weighted by atomic mass is 10.0. The summed E-state index contributed by atoms with van der Waals surface area (Å²) < 4.78 is 5.52. The van der Waals surface area contributed by atoms with Gasteiger partial charge in [-0.15, -0.1) is 0 Å². The summed E-state index contributed by atoms with van der Waals surface area (Å²) >= 11 is 0. The molecule has 0 radical (unpaired) electrons. The fraction of sp³-hybridized carbons (Fsp3) is 0.923. The van der Waals surface area contributed by atoms with Gasteiger partial charge in [-0.25, -0.2) is 0 Å². The first-order valence-corrected chi connectivity index (χ1v) is 38.6. The van der Waals surface area contributed by atoms with Crippen molar-refractivity contribution in [3.8, 4) is 0 Å². The molecule has 0 aromatic rings. The predicted molar refractivity (Wildman–Crippen MR) is 370 cm³/mol. The predicted octanol–water partition coefficient (Wildman–Crippen LogP) is 25.3. The summed E-state index contributed by atoms with van der Waals surface area (Å²) in [5, 5.41) is 23.2. The monoisotopic (exact) mass is 1180 g/mol. The standard InChI is InChI=1S/C78H151NO5/c1-3-5-7-9-11-13-15-17-19-21-40-44-48-52-56-60-64-68-72-78(83)84-73-69-65-61-57-53-49-45-41-37-35-33-31-29-27-25-23-22-24-26-28-30-32-34-36-39-43-47-51-55-59-63-67-71-77(82)79-75(74-80)76(81)70-66-62-58-54-50-46-42-38-20-18-16-14-12-10-8-6-4-2/h25,27,66,70,75-76,80-81H,3-24,26,28-65,67-69,71-74H2,1-2H3,(H,79,82)/b27-25-,70-66+. The van der Waals surface area contributed by atoms with Crippen LogP contribution < -0.4 is 5.32 Å². The van der Waals surface area contributed by atoms with E-state index in [9.17, 15) is 19.8 Å². The first-order chi connectivity index (χ1) is 41.5. The van der Waals surface area contributed by atoms with Gasteiger partial charge in [-0.05, 0) is 57.8 Å². The second-order valence-electron chi connectivity index (χ2n) is 26.7. The van der Waals surface area contributed by atoms with Crippen LogP contribution in [0.15, 0.2) is 24.3 Å². The number of carbonyl (C=O) groups is 2. The van der Waals surface area contributed by atoms with Gasteiger partial charge in [0, 0.05) is 12.8 Å². The third-order valence-corrected chi connectivity index (χ3v) is 18.2. The first-order valence-electron chi connectivity index (χ1n) is 38.6. The summed E-state index contributed by atoms with van der Waals surface area (Å²) in [5.41, 5.74) is 0. The van der Waals surface area contributed by atoms with Gasteiger partial charge in [0.05, 0.1) is 25.4 Å². The normalized spacial score (nSPS) is 12.6. The number of ether oxygens (including phenoxy) is 1. The highest BCUT2D eigenvalue weighted by molar-refractivity contribution is 5.76. The minimum absolute atomic E-state index is 0.0233. The number of aliphatic hydroxyl groups is 2. The summed E-state index contributed by atoms with van der Waals surface area (Å²) in [6.45, 7) is 4.96. The number of rotatable bonds is 73. The number of nitrogens with one attached hydrogen (secondary N) is 1. The van der Waals surface area contributed by atoms with Crippen LogP contribution in [0.2, 0.25) is 0 Å². The number of esters is 1. The van der Waals surface area contributed by atoms with Crippen LogP contribution in [0.4, 0.5) is 0 Å². The van der Waals surface area contributed by atoms with Crippen molar-refractivity contribution in [1.82, 2.24) is 5.32 Å². The van der Waals surface area contributed by atoms with E-state index in [0.717, 1.165) is 38.5 Å². The summed E-state index contributed by atoms with van der Waals surface area (Å²) in [5.74, 6) is -0.0384. The summed E-state index contributed by atoms with van der Waals surface area (Å²) in [7, 11) is 0. The highest BCUT2D eigenvalue weighted by Crippen LogP contribution is 2.19. The quantitative estimate of drug-likeness (QED) is 0.0320. The van der Waals surface area contributed by atoms with E-state index in [1.807, 2.05) is 6.08 Å². The molecule has 0 aromatic carbocycles. The molecule has 0 fully saturated rings. The number of aliphatic hydroxyl groups excluding tert-OH is 2. The van der Waals surface area contributed by atoms with Gasteiger partial charge in [-0.1, -0.05) is 391 Å². The Hall–Kier alpha value is -1.66. The second kappa shape index (κ2) is 73.8. The molecule has 0 aliphatic heterocycles. The van der Waals surface area contributed by atoms with Crippen LogP contribution in [0.1, 0.15) is 438 Å². The molecule has 0 heterocycles. The summed E-state index contributed by atoms with van der Waals surface area (Å²) in [4.78, 5) is 24.6. The van der Waals surface area contributed by atoms with Gasteiger partial charge in [0.15, 0.2) is 0 Å². The Morgan fingerprint density at radius 3 is 0.845 bits per heavy atom. The molecule has 0 saturated heterocycles. The zero-order valence-electron chi connectivity index (χ0n) is 57.2. The first kappa shape index (κ1) is 82.3. The van der Waals surface area contributed by atoms with E-state index < -0.39 is 12.1 Å². The molecule has 0 aliphatic carbocycles. The van der Waals surface area contributed by atoms with Crippen molar-refractivity contribution in [2.45, 2.75) is 450 Å². The molecule has 0 saturated carbocycles. The average Bonchev–Trinajstić information content (AvgIpc) is 3.53. The SMILES string of the molecule is CCCCCCCCCCCCCCCCC/C=C/C(O)C(CO)NC(=O)CCCCCCCCCCCCCCCCCC/C=C\CCCCCCCCCCCCCCOC(=O)CCCCCCCCCCCCCCCCCCCC. The van der Waals surface area contributed by atoms with Crippen LogP contribution in [0, 0.1) is 0 Å². The van der Waals surface area contributed by atoms with Crippen molar-refractivity contribution in [1.29, 1.82) is 0 Å². The minimum atomic E-state index is -0.843. The number of unbranched alkanes of at least 4 members (excludes halogenated alkanes) is 60. The van der Waals surface area contributed by atoms with E-state index in [2.05, 4.69) is 31.3 Å². The number of amides is 1. The van der Waals surface area contributed by atoms with Crippen LogP contribution in [-0.2, 0) is 14.3 Å². The van der Waals surface area contributed by atoms with Gasteiger partial charge < -0.3 is 20.3 Å². The van der Waals surface area contributed by atoms with E-state index >= 15 is 0 Å². The average molecular weight is 1180 g/mol. The summed E-state index contributed by atoms with van der Waals surface area (Å²) in [6, 6.07) is -0.626. The molecule has 6 nitrogen and oxygen atoms in total. The Morgan fingerprint density at radius 2 is 0.560 bits per heavy atom.